The second-order valence-electron chi connectivity index (χ2n) is 17.9. The van der Waals surface area contributed by atoms with Crippen molar-refractivity contribution in [2.24, 2.45) is 17.8 Å². The van der Waals surface area contributed by atoms with E-state index in [9.17, 15) is 24.6 Å². The van der Waals surface area contributed by atoms with Crippen LogP contribution >= 0.6 is 0 Å². The van der Waals surface area contributed by atoms with Gasteiger partial charge in [0.05, 0.1) is 48.1 Å². The van der Waals surface area contributed by atoms with Crippen molar-refractivity contribution in [2.75, 3.05) is 75.1 Å². The van der Waals surface area contributed by atoms with Gasteiger partial charge >= 0.3 is 0 Å². The van der Waals surface area contributed by atoms with E-state index in [0.717, 1.165) is 0 Å². The van der Waals surface area contributed by atoms with E-state index < -0.39 is 66.1 Å². The Morgan fingerprint density at radius 1 is 1.04 bits per heavy atom. The van der Waals surface area contributed by atoms with E-state index in [4.69, 9.17) is 28.4 Å². The zero-order chi connectivity index (χ0) is 42.8. The Morgan fingerprint density at radius 3 is 2.35 bits per heavy atom. The van der Waals surface area contributed by atoms with Gasteiger partial charge in [0.25, 0.3) is 0 Å². The highest BCUT2D eigenvalue weighted by atomic mass is 16.7. The molecule has 0 aromatic carbocycles. The second kappa shape index (κ2) is 22.0. The molecule has 332 valence electrons. The number of likely N-dealkylation sites (N-methyl/N-ethyl adjacent to an activating group) is 2. The van der Waals surface area contributed by atoms with Crippen LogP contribution in [0, 0.1) is 17.8 Å². The normalized spacial score (nSPS) is 39.4. The molecule has 3 heterocycles. The van der Waals surface area contributed by atoms with E-state index in [1.807, 2.05) is 53.9 Å². The van der Waals surface area contributed by atoms with Crippen molar-refractivity contribution < 1.29 is 53.0 Å². The van der Waals surface area contributed by atoms with Gasteiger partial charge in [-0.05, 0) is 87.5 Å². The van der Waals surface area contributed by atoms with Gasteiger partial charge in [-0.1, -0.05) is 20.8 Å². The molecule has 0 aromatic heterocycles. The maximum absolute atomic E-state index is 13.9. The van der Waals surface area contributed by atoms with E-state index in [-0.39, 0.29) is 55.0 Å². The third-order valence-electron chi connectivity index (χ3n) is 11.9. The fourth-order valence-corrected chi connectivity index (χ4v) is 8.71. The van der Waals surface area contributed by atoms with Crippen LogP contribution in [0.25, 0.3) is 0 Å². The van der Waals surface area contributed by atoms with Gasteiger partial charge < -0.3 is 64.0 Å². The lowest BCUT2D eigenvalue weighted by Crippen LogP contribution is -2.61. The smallest absolute Gasteiger partial charge is 0.234 e. The standard InChI is InChI=1S/C41H77N5O11/c1-25-21-40(6,51)37(57-39-35(30(45(10)11)20-26(2)54-39)53-19-15-18-42-31(47)24-44(8)9)27(3)34(56-33-22-41(7,52-13)36(49)29(5)55-33)28(4)38(50)43-17-14-16-32(48)46(12)23-25/h25-30,33-37,39,49,51H,14-24H2,1-13H3,(H,42,47)(H,43,50)/t25-,26-,27+,28-,29+,30+,33+,34+,35?,36+,37-,39+,40-,41-/m1/s1. The number of carbonyl (C=O) groups is 3. The van der Waals surface area contributed by atoms with E-state index in [0.29, 0.717) is 52.0 Å². The summed E-state index contributed by atoms with van der Waals surface area (Å²) in [4.78, 5) is 44.8. The SMILES string of the molecule is CO[C@]1(C)C[C@H](O[C@H]2[C@H](C)[C@@H](O[C@@H]3O[C@H](C)C[C@H](N(C)C)C3OCCCNC(=O)CN(C)C)[C@](C)(O)C[C@@H](C)CN(C)C(=O)CCCNC(=O)[C@@H]2C)O[C@@H](C)[C@@H]1O. The molecule has 16 heteroatoms. The van der Waals surface area contributed by atoms with Crippen molar-refractivity contribution in [3.8, 4) is 0 Å². The Labute approximate surface area is 341 Å². The summed E-state index contributed by atoms with van der Waals surface area (Å²) in [6.45, 7) is 14.7. The lowest BCUT2D eigenvalue weighted by Gasteiger charge is -2.49. The highest BCUT2D eigenvalue weighted by Crippen LogP contribution is 2.39. The third-order valence-corrected chi connectivity index (χ3v) is 11.9. The molecule has 3 fully saturated rings. The van der Waals surface area contributed by atoms with Crippen LogP contribution in [-0.2, 0) is 42.8 Å². The van der Waals surface area contributed by atoms with Crippen molar-refractivity contribution in [2.45, 2.75) is 153 Å². The molecule has 3 saturated heterocycles. The van der Waals surface area contributed by atoms with Gasteiger partial charge in [-0.3, -0.25) is 14.4 Å². The molecule has 16 nitrogen and oxygen atoms in total. The summed E-state index contributed by atoms with van der Waals surface area (Å²) in [6, 6.07) is -0.102. The number of carbonyl (C=O) groups excluding carboxylic acids is 3. The fourth-order valence-electron chi connectivity index (χ4n) is 8.71. The Bertz CT molecular complexity index is 1280. The van der Waals surface area contributed by atoms with Crippen LogP contribution in [-0.4, -0.2) is 184 Å². The summed E-state index contributed by atoms with van der Waals surface area (Å²) in [5.74, 6) is -1.90. The number of aliphatic hydroxyl groups is 2. The summed E-state index contributed by atoms with van der Waals surface area (Å²) in [5.41, 5.74) is -2.49. The Balaban J connectivity index is 2.04. The predicted molar refractivity (Wildman–Crippen MR) is 215 cm³/mol. The first kappa shape index (κ1) is 49.4. The first-order valence-corrected chi connectivity index (χ1v) is 20.9. The summed E-state index contributed by atoms with van der Waals surface area (Å²) in [5, 5.41) is 29.6. The third kappa shape index (κ3) is 14.0. The van der Waals surface area contributed by atoms with Gasteiger partial charge in [-0.15, -0.1) is 0 Å². The van der Waals surface area contributed by atoms with Crippen LogP contribution in [0.4, 0.5) is 0 Å². The molecule has 3 amide bonds. The number of nitrogens with one attached hydrogen (secondary N) is 2. The number of hydrogen-bond acceptors (Lipinski definition) is 13. The Hall–Kier alpha value is -1.99. The summed E-state index contributed by atoms with van der Waals surface area (Å²) in [7, 11) is 11.0. The van der Waals surface area contributed by atoms with Crippen LogP contribution in [0.15, 0.2) is 0 Å². The predicted octanol–water partition coefficient (Wildman–Crippen LogP) is 1.59. The van der Waals surface area contributed by atoms with Gasteiger partial charge in [0.1, 0.15) is 12.2 Å². The van der Waals surface area contributed by atoms with Crippen LogP contribution in [0.3, 0.4) is 0 Å². The summed E-state index contributed by atoms with van der Waals surface area (Å²) >= 11 is 0. The first-order chi connectivity index (χ1) is 26.6. The van der Waals surface area contributed by atoms with Crippen molar-refractivity contribution in [3.05, 3.63) is 0 Å². The van der Waals surface area contributed by atoms with E-state index >= 15 is 0 Å². The van der Waals surface area contributed by atoms with E-state index in [1.54, 1.807) is 39.6 Å². The van der Waals surface area contributed by atoms with Gasteiger partial charge in [0.15, 0.2) is 12.6 Å². The summed E-state index contributed by atoms with van der Waals surface area (Å²) < 4.78 is 38.9. The van der Waals surface area contributed by atoms with Gasteiger partial charge in [-0.25, -0.2) is 0 Å². The van der Waals surface area contributed by atoms with Crippen LogP contribution in [0.2, 0.25) is 0 Å². The van der Waals surface area contributed by atoms with Gasteiger partial charge in [0.2, 0.25) is 17.7 Å². The molecular weight excluding hydrogens is 738 g/mol. The zero-order valence-electron chi connectivity index (χ0n) is 37.1. The molecule has 0 radical (unpaired) electrons. The van der Waals surface area contributed by atoms with Gasteiger partial charge in [-0.2, -0.15) is 0 Å². The first-order valence-electron chi connectivity index (χ1n) is 20.9. The lowest BCUT2D eigenvalue weighted by molar-refractivity contribution is -0.320. The average Bonchev–Trinajstić information content (AvgIpc) is 3.11. The number of methoxy groups -OCH3 is 1. The maximum Gasteiger partial charge on any atom is 0.234 e. The second-order valence-corrected chi connectivity index (χ2v) is 17.9. The minimum atomic E-state index is -1.52. The molecule has 57 heavy (non-hydrogen) atoms. The molecule has 1 unspecified atom stereocenters. The van der Waals surface area contributed by atoms with Crippen molar-refractivity contribution in [3.63, 3.8) is 0 Å². The highest BCUT2D eigenvalue weighted by Gasteiger charge is 2.51. The van der Waals surface area contributed by atoms with Crippen LogP contribution < -0.4 is 10.6 Å². The largest absolute Gasteiger partial charge is 0.387 e. The molecule has 0 aliphatic carbocycles. The number of aliphatic hydroxyl groups excluding tert-OH is 1. The van der Waals surface area contributed by atoms with Crippen molar-refractivity contribution in [1.29, 1.82) is 0 Å². The molecule has 0 aromatic rings. The molecule has 4 N–H and O–H groups in total. The monoisotopic (exact) mass is 816 g/mol. The van der Waals surface area contributed by atoms with Gasteiger partial charge in [0, 0.05) is 65.2 Å². The lowest BCUT2D eigenvalue weighted by atomic mass is 9.77. The summed E-state index contributed by atoms with van der Waals surface area (Å²) in [6.07, 6.45) is -3.47. The number of nitrogens with zero attached hydrogens (tertiary/aromatic N) is 3. The molecule has 0 saturated carbocycles. The molecule has 3 aliphatic heterocycles. The average molecular weight is 816 g/mol. The molecule has 3 rings (SSSR count). The number of hydrogen-bond donors (Lipinski definition) is 4. The molecule has 0 spiro atoms. The quantitative estimate of drug-likeness (QED) is 0.197. The van der Waals surface area contributed by atoms with Crippen LogP contribution in [0.5, 0.6) is 0 Å². The zero-order valence-corrected chi connectivity index (χ0v) is 37.1. The maximum atomic E-state index is 13.9. The number of ether oxygens (including phenoxy) is 6. The molecule has 14 atom stereocenters. The number of rotatable bonds is 13. The highest BCUT2D eigenvalue weighted by molar-refractivity contribution is 5.79. The fraction of sp³-hybridized carbons (Fsp3) is 0.927. The minimum Gasteiger partial charge on any atom is -0.387 e. The molecular formula is C41H77N5O11. The van der Waals surface area contributed by atoms with E-state index in [2.05, 4.69) is 15.5 Å². The number of amides is 3. The Morgan fingerprint density at radius 2 is 1.72 bits per heavy atom. The van der Waals surface area contributed by atoms with Crippen molar-refractivity contribution >= 4 is 17.7 Å². The van der Waals surface area contributed by atoms with Crippen LogP contribution in [0.1, 0.15) is 87.0 Å². The van der Waals surface area contributed by atoms with E-state index in [1.165, 1.54) is 7.11 Å². The topological polar surface area (TPSA) is 181 Å². The molecule has 0 bridgehead atoms. The Kier molecular flexibility index (Phi) is 19.1. The minimum absolute atomic E-state index is 0.0374. The van der Waals surface area contributed by atoms with Crippen molar-refractivity contribution in [1.82, 2.24) is 25.3 Å². The molecule has 3 aliphatic rings.